The second-order valence-corrected chi connectivity index (χ2v) is 2.96. The maximum absolute atomic E-state index is 10.7. The quantitative estimate of drug-likeness (QED) is 0.733. The Balaban J connectivity index is 2.85. The number of imidazole rings is 1. The first-order valence-electron chi connectivity index (χ1n) is 3.97. The number of carbonyl (C=O) groups is 1. The van der Waals surface area contributed by atoms with E-state index in [0.29, 0.717) is 5.95 Å². The van der Waals surface area contributed by atoms with Crippen LogP contribution in [0.2, 0.25) is 0 Å². The molecule has 1 aromatic heterocycles. The predicted molar refractivity (Wildman–Crippen MR) is 48.7 cm³/mol. The minimum Gasteiger partial charge on any atom is -0.480 e. The van der Waals surface area contributed by atoms with E-state index in [1.807, 2.05) is 7.05 Å². The van der Waals surface area contributed by atoms with Gasteiger partial charge in [0, 0.05) is 26.5 Å². The minimum atomic E-state index is -0.856. The summed E-state index contributed by atoms with van der Waals surface area (Å²) in [5.74, 6) is -0.208. The molecular formula is C8H13N3O2. The fourth-order valence-electron chi connectivity index (χ4n) is 1.04. The van der Waals surface area contributed by atoms with Gasteiger partial charge < -0.3 is 14.6 Å². The number of nitrogens with zero attached hydrogens (tertiary/aromatic N) is 3. The molecule has 0 saturated carbocycles. The van der Waals surface area contributed by atoms with Crippen molar-refractivity contribution in [3.8, 4) is 0 Å². The van der Waals surface area contributed by atoms with Crippen LogP contribution in [0.15, 0.2) is 12.4 Å². The van der Waals surface area contributed by atoms with E-state index < -0.39 is 12.0 Å². The summed E-state index contributed by atoms with van der Waals surface area (Å²) in [5.41, 5.74) is 0. The summed E-state index contributed by atoms with van der Waals surface area (Å²) >= 11 is 0. The second kappa shape index (κ2) is 3.47. The topological polar surface area (TPSA) is 58.4 Å². The Hall–Kier alpha value is -1.52. The average Bonchev–Trinajstić information content (AvgIpc) is 2.48. The third-order valence-corrected chi connectivity index (χ3v) is 2.05. The molecule has 13 heavy (non-hydrogen) atoms. The van der Waals surface area contributed by atoms with Gasteiger partial charge >= 0.3 is 5.97 Å². The number of likely N-dealkylation sites (N-methyl/N-ethyl adjacent to an activating group) is 1. The van der Waals surface area contributed by atoms with E-state index in [0.717, 1.165) is 0 Å². The van der Waals surface area contributed by atoms with Crippen molar-refractivity contribution in [3.63, 3.8) is 0 Å². The summed E-state index contributed by atoms with van der Waals surface area (Å²) in [5, 5.41) is 8.76. The molecule has 5 heteroatoms. The van der Waals surface area contributed by atoms with Crippen molar-refractivity contribution in [2.24, 2.45) is 7.05 Å². The van der Waals surface area contributed by atoms with Crippen LogP contribution >= 0.6 is 0 Å². The zero-order valence-corrected chi connectivity index (χ0v) is 7.93. The summed E-state index contributed by atoms with van der Waals surface area (Å²) in [7, 11) is 3.54. The highest BCUT2D eigenvalue weighted by Gasteiger charge is 2.19. The fourth-order valence-corrected chi connectivity index (χ4v) is 1.04. The van der Waals surface area contributed by atoms with Crippen molar-refractivity contribution >= 4 is 11.9 Å². The number of aromatic nitrogens is 2. The molecule has 72 valence electrons. The Morgan fingerprint density at radius 1 is 1.77 bits per heavy atom. The van der Waals surface area contributed by atoms with Gasteiger partial charge in [-0.15, -0.1) is 0 Å². The van der Waals surface area contributed by atoms with Crippen molar-refractivity contribution in [1.82, 2.24) is 9.55 Å². The van der Waals surface area contributed by atoms with Crippen LogP contribution in [-0.2, 0) is 11.8 Å². The largest absolute Gasteiger partial charge is 0.480 e. The fraction of sp³-hybridized carbons (Fsp3) is 0.500. The number of carboxylic acids is 1. The van der Waals surface area contributed by atoms with Gasteiger partial charge in [-0.05, 0) is 6.92 Å². The first-order valence-corrected chi connectivity index (χ1v) is 3.97. The van der Waals surface area contributed by atoms with Crippen LogP contribution in [0.1, 0.15) is 6.92 Å². The monoisotopic (exact) mass is 183 g/mol. The Morgan fingerprint density at radius 2 is 2.38 bits per heavy atom. The SMILES string of the molecule is CC(C(=O)O)N(C)c1nccn1C. The second-order valence-electron chi connectivity index (χ2n) is 2.96. The highest BCUT2D eigenvalue weighted by Crippen LogP contribution is 2.10. The van der Waals surface area contributed by atoms with Crippen LogP contribution in [-0.4, -0.2) is 33.7 Å². The van der Waals surface area contributed by atoms with E-state index in [-0.39, 0.29) is 0 Å². The van der Waals surface area contributed by atoms with Crippen LogP contribution in [0.4, 0.5) is 5.95 Å². The Bertz CT molecular complexity index is 308. The molecule has 0 saturated heterocycles. The summed E-state index contributed by atoms with van der Waals surface area (Å²) < 4.78 is 1.78. The number of hydrogen-bond donors (Lipinski definition) is 1. The molecule has 5 nitrogen and oxygen atoms in total. The molecule has 0 aliphatic carbocycles. The smallest absolute Gasteiger partial charge is 0.326 e. The summed E-state index contributed by atoms with van der Waals surface area (Å²) in [6.45, 7) is 1.62. The van der Waals surface area contributed by atoms with Gasteiger partial charge in [0.1, 0.15) is 6.04 Å². The third kappa shape index (κ3) is 1.80. The standard InChI is InChI=1S/C8H13N3O2/c1-6(7(12)13)11(3)8-9-4-5-10(8)2/h4-6H,1-3H3,(H,12,13). The molecule has 1 aromatic rings. The molecule has 0 aliphatic heterocycles. The lowest BCUT2D eigenvalue weighted by atomic mass is 10.3. The van der Waals surface area contributed by atoms with E-state index >= 15 is 0 Å². The van der Waals surface area contributed by atoms with Gasteiger partial charge in [0.2, 0.25) is 5.95 Å². The molecular weight excluding hydrogens is 170 g/mol. The lowest BCUT2D eigenvalue weighted by Gasteiger charge is -2.22. The van der Waals surface area contributed by atoms with Crippen molar-refractivity contribution < 1.29 is 9.90 Å². The van der Waals surface area contributed by atoms with E-state index in [1.54, 1.807) is 35.8 Å². The third-order valence-electron chi connectivity index (χ3n) is 2.05. The van der Waals surface area contributed by atoms with Crippen LogP contribution in [0.25, 0.3) is 0 Å². The highest BCUT2D eigenvalue weighted by molar-refractivity contribution is 5.76. The molecule has 0 bridgehead atoms. The number of aliphatic carboxylic acids is 1. The molecule has 0 spiro atoms. The van der Waals surface area contributed by atoms with Crippen molar-refractivity contribution in [3.05, 3.63) is 12.4 Å². The summed E-state index contributed by atoms with van der Waals surface area (Å²) in [6.07, 6.45) is 3.42. The molecule has 1 unspecified atom stereocenters. The highest BCUT2D eigenvalue weighted by atomic mass is 16.4. The van der Waals surface area contributed by atoms with E-state index in [9.17, 15) is 4.79 Å². The molecule has 1 rings (SSSR count). The minimum absolute atomic E-state index is 0.568. The lowest BCUT2D eigenvalue weighted by molar-refractivity contribution is -0.138. The Kier molecular flexibility index (Phi) is 2.55. The van der Waals surface area contributed by atoms with Gasteiger partial charge in [0.15, 0.2) is 0 Å². The van der Waals surface area contributed by atoms with Crippen molar-refractivity contribution in [2.45, 2.75) is 13.0 Å². The van der Waals surface area contributed by atoms with Gasteiger partial charge in [-0.1, -0.05) is 0 Å². The lowest BCUT2D eigenvalue weighted by Crippen LogP contribution is -2.37. The zero-order valence-electron chi connectivity index (χ0n) is 7.93. The number of hydrogen-bond acceptors (Lipinski definition) is 3. The molecule has 1 N–H and O–H groups in total. The van der Waals surface area contributed by atoms with Crippen LogP contribution < -0.4 is 4.90 Å². The van der Waals surface area contributed by atoms with Crippen molar-refractivity contribution in [1.29, 1.82) is 0 Å². The van der Waals surface area contributed by atoms with Gasteiger partial charge in [0.05, 0.1) is 0 Å². The van der Waals surface area contributed by atoms with E-state index in [1.165, 1.54) is 0 Å². The number of carboxylic acid groups (broad SMARTS) is 1. The average molecular weight is 183 g/mol. The molecule has 0 fully saturated rings. The number of rotatable bonds is 3. The summed E-state index contributed by atoms with van der Waals surface area (Å²) in [6, 6.07) is -0.568. The normalized spacial score (nSPS) is 12.5. The Labute approximate surface area is 76.6 Å². The van der Waals surface area contributed by atoms with Gasteiger partial charge in [-0.3, -0.25) is 0 Å². The molecule has 0 amide bonds. The molecule has 1 heterocycles. The molecule has 1 atom stereocenters. The zero-order chi connectivity index (χ0) is 10.0. The molecule has 0 radical (unpaired) electrons. The number of aryl methyl sites for hydroxylation is 1. The van der Waals surface area contributed by atoms with Gasteiger partial charge in [0.25, 0.3) is 0 Å². The maximum Gasteiger partial charge on any atom is 0.326 e. The predicted octanol–water partition coefficient (Wildman–Crippen LogP) is 0.329. The van der Waals surface area contributed by atoms with Crippen LogP contribution in [0.3, 0.4) is 0 Å². The Morgan fingerprint density at radius 3 is 2.77 bits per heavy atom. The first-order chi connectivity index (χ1) is 6.04. The molecule has 0 aromatic carbocycles. The van der Waals surface area contributed by atoms with Crippen LogP contribution in [0.5, 0.6) is 0 Å². The van der Waals surface area contributed by atoms with Gasteiger partial charge in [-0.2, -0.15) is 0 Å². The molecule has 0 aliphatic rings. The van der Waals surface area contributed by atoms with Crippen molar-refractivity contribution in [2.75, 3.05) is 11.9 Å². The van der Waals surface area contributed by atoms with E-state index in [4.69, 9.17) is 5.11 Å². The number of anilines is 1. The summed E-state index contributed by atoms with van der Waals surface area (Å²) in [4.78, 5) is 16.3. The van der Waals surface area contributed by atoms with Gasteiger partial charge in [-0.25, -0.2) is 9.78 Å². The first kappa shape index (κ1) is 9.57. The maximum atomic E-state index is 10.7. The van der Waals surface area contributed by atoms with Crippen LogP contribution in [0, 0.1) is 0 Å². The van der Waals surface area contributed by atoms with E-state index in [2.05, 4.69) is 4.98 Å².